The maximum atomic E-state index is 10.5. The lowest BCUT2D eigenvalue weighted by Gasteiger charge is -2.06. The van der Waals surface area contributed by atoms with Crippen LogP contribution in [0, 0.1) is 6.92 Å². The molecule has 76 valence electrons. The van der Waals surface area contributed by atoms with Gasteiger partial charge in [0.2, 0.25) is 0 Å². The molecule has 0 amide bonds. The summed E-state index contributed by atoms with van der Waals surface area (Å²) in [4.78, 5) is 0. The molecule has 0 fully saturated rings. The number of aryl methyl sites for hydroxylation is 1. The Balaban J connectivity index is 2.94. The minimum atomic E-state index is -1.87. The standard InChI is InChI=1S/C8H11BO4S/c1-6-4-7(5-14(12)13)2-3-8(6)9(10)11/h2-4,10-11H,5H2,1H3,(H,12,13). The Hall–Kier alpha value is -0.685. The van der Waals surface area contributed by atoms with Crippen LogP contribution in [0.5, 0.6) is 0 Å². The van der Waals surface area contributed by atoms with Crippen LogP contribution in [0.4, 0.5) is 0 Å². The zero-order valence-electron chi connectivity index (χ0n) is 7.67. The fourth-order valence-electron chi connectivity index (χ4n) is 1.26. The van der Waals surface area contributed by atoms with Gasteiger partial charge in [-0.05, 0) is 17.9 Å². The van der Waals surface area contributed by atoms with Crippen molar-refractivity contribution in [2.45, 2.75) is 12.7 Å². The van der Waals surface area contributed by atoms with Gasteiger partial charge in [-0.1, -0.05) is 23.8 Å². The van der Waals surface area contributed by atoms with Crippen LogP contribution in [0.15, 0.2) is 18.2 Å². The first-order chi connectivity index (χ1) is 6.50. The van der Waals surface area contributed by atoms with Crippen molar-refractivity contribution >= 4 is 23.7 Å². The summed E-state index contributed by atoms with van der Waals surface area (Å²) in [7, 11) is -1.50. The molecule has 1 aromatic carbocycles. The van der Waals surface area contributed by atoms with Gasteiger partial charge in [-0.3, -0.25) is 0 Å². The second kappa shape index (κ2) is 4.70. The fraction of sp³-hybridized carbons (Fsp3) is 0.250. The van der Waals surface area contributed by atoms with Gasteiger partial charge < -0.3 is 14.6 Å². The molecule has 0 spiro atoms. The van der Waals surface area contributed by atoms with E-state index >= 15 is 0 Å². The molecule has 3 N–H and O–H groups in total. The third-order valence-corrected chi connectivity index (χ3v) is 2.48. The molecular weight excluding hydrogens is 203 g/mol. The molecule has 0 saturated heterocycles. The lowest BCUT2D eigenvalue weighted by atomic mass is 9.77. The highest BCUT2D eigenvalue weighted by molar-refractivity contribution is 7.78. The van der Waals surface area contributed by atoms with Crippen molar-refractivity contribution in [1.29, 1.82) is 0 Å². The van der Waals surface area contributed by atoms with Crippen molar-refractivity contribution in [3.63, 3.8) is 0 Å². The first kappa shape index (κ1) is 11.4. The van der Waals surface area contributed by atoms with E-state index in [4.69, 9.17) is 14.6 Å². The Morgan fingerprint density at radius 1 is 1.43 bits per heavy atom. The van der Waals surface area contributed by atoms with E-state index in [1.54, 1.807) is 25.1 Å². The molecule has 4 nitrogen and oxygen atoms in total. The normalized spacial score (nSPS) is 12.6. The lowest BCUT2D eigenvalue weighted by Crippen LogP contribution is -2.32. The van der Waals surface area contributed by atoms with Gasteiger partial charge in [0.05, 0.1) is 5.75 Å². The van der Waals surface area contributed by atoms with Gasteiger partial charge in [-0.15, -0.1) is 0 Å². The van der Waals surface area contributed by atoms with E-state index in [1.807, 2.05) is 0 Å². The predicted octanol–water partition coefficient (Wildman–Crippen LogP) is -0.603. The van der Waals surface area contributed by atoms with Gasteiger partial charge in [0.15, 0.2) is 11.1 Å². The highest BCUT2D eigenvalue weighted by Crippen LogP contribution is 2.04. The summed E-state index contributed by atoms with van der Waals surface area (Å²) in [6, 6.07) is 4.82. The van der Waals surface area contributed by atoms with Gasteiger partial charge in [0.25, 0.3) is 0 Å². The molecule has 0 radical (unpaired) electrons. The third-order valence-electron chi connectivity index (χ3n) is 1.90. The number of hydrogen-bond donors (Lipinski definition) is 3. The summed E-state index contributed by atoms with van der Waals surface area (Å²) >= 11 is -1.87. The van der Waals surface area contributed by atoms with Gasteiger partial charge in [0, 0.05) is 0 Å². The molecular formula is C8H11BO4S. The van der Waals surface area contributed by atoms with Crippen LogP contribution in [-0.2, 0) is 16.8 Å². The summed E-state index contributed by atoms with van der Waals surface area (Å²) in [5.41, 5.74) is 1.81. The first-order valence-corrected chi connectivity index (χ1v) is 5.31. The highest BCUT2D eigenvalue weighted by Gasteiger charge is 2.13. The van der Waals surface area contributed by atoms with Crippen molar-refractivity contribution in [3.05, 3.63) is 29.3 Å². The van der Waals surface area contributed by atoms with E-state index in [0.29, 0.717) is 16.6 Å². The Morgan fingerprint density at radius 2 is 2.07 bits per heavy atom. The van der Waals surface area contributed by atoms with Crippen molar-refractivity contribution in [2.24, 2.45) is 0 Å². The second-order valence-corrected chi connectivity index (χ2v) is 3.96. The predicted molar refractivity (Wildman–Crippen MR) is 55.5 cm³/mol. The average Bonchev–Trinajstić information content (AvgIpc) is 2.01. The average molecular weight is 214 g/mol. The second-order valence-electron chi connectivity index (χ2n) is 3.03. The smallest absolute Gasteiger partial charge is 0.423 e. The fourth-order valence-corrected chi connectivity index (χ4v) is 1.72. The zero-order chi connectivity index (χ0) is 10.7. The summed E-state index contributed by atoms with van der Waals surface area (Å²) in [6.07, 6.45) is 0. The van der Waals surface area contributed by atoms with Crippen LogP contribution >= 0.6 is 0 Å². The third kappa shape index (κ3) is 2.92. The van der Waals surface area contributed by atoms with Crippen LogP contribution in [0.3, 0.4) is 0 Å². The molecule has 0 aromatic heterocycles. The Kier molecular flexibility index (Phi) is 3.82. The maximum absolute atomic E-state index is 10.5. The largest absolute Gasteiger partial charge is 0.488 e. The SMILES string of the molecule is Cc1cc(CS(=O)O)ccc1B(O)O. The quantitative estimate of drug-likeness (QED) is 0.463. The Labute approximate surface area is 85.0 Å². The van der Waals surface area contributed by atoms with Gasteiger partial charge in [-0.2, -0.15) is 0 Å². The number of hydrogen-bond acceptors (Lipinski definition) is 3. The number of benzene rings is 1. The topological polar surface area (TPSA) is 77.8 Å². The summed E-state index contributed by atoms with van der Waals surface area (Å²) in [5.74, 6) is 0.0582. The molecule has 0 aliphatic heterocycles. The van der Waals surface area contributed by atoms with E-state index in [-0.39, 0.29) is 5.75 Å². The molecule has 1 aromatic rings. The number of rotatable bonds is 3. The van der Waals surface area contributed by atoms with E-state index in [2.05, 4.69) is 0 Å². The molecule has 0 aliphatic rings. The lowest BCUT2D eigenvalue weighted by molar-refractivity contribution is 0.425. The van der Waals surface area contributed by atoms with Crippen LogP contribution in [0.2, 0.25) is 0 Å². The van der Waals surface area contributed by atoms with Crippen molar-refractivity contribution in [3.8, 4) is 0 Å². The molecule has 0 saturated carbocycles. The van der Waals surface area contributed by atoms with Gasteiger partial charge in [0.1, 0.15) is 0 Å². The van der Waals surface area contributed by atoms with Crippen LogP contribution in [-0.4, -0.2) is 25.9 Å². The van der Waals surface area contributed by atoms with Crippen molar-refractivity contribution in [1.82, 2.24) is 0 Å². The first-order valence-electron chi connectivity index (χ1n) is 4.03. The molecule has 1 unspecified atom stereocenters. The zero-order valence-corrected chi connectivity index (χ0v) is 8.49. The van der Waals surface area contributed by atoms with Crippen molar-refractivity contribution < 1.29 is 18.8 Å². The Morgan fingerprint density at radius 3 is 2.50 bits per heavy atom. The molecule has 6 heteroatoms. The molecule has 1 rings (SSSR count). The minimum absolute atomic E-state index is 0.0582. The highest BCUT2D eigenvalue weighted by atomic mass is 32.2. The Bertz CT molecular complexity index is 353. The van der Waals surface area contributed by atoms with E-state index in [1.165, 1.54) is 0 Å². The summed E-state index contributed by atoms with van der Waals surface area (Å²) < 4.78 is 19.2. The molecule has 0 bridgehead atoms. The van der Waals surface area contributed by atoms with E-state index in [0.717, 1.165) is 0 Å². The van der Waals surface area contributed by atoms with Crippen LogP contribution in [0.25, 0.3) is 0 Å². The molecule has 14 heavy (non-hydrogen) atoms. The summed E-state index contributed by atoms with van der Waals surface area (Å²) in [6.45, 7) is 1.72. The molecule has 0 aliphatic carbocycles. The minimum Gasteiger partial charge on any atom is -0.423 e. The van der Waals surface area contributed by atoms with E-state index < -0.39 is 18.2 Å². The van der Waals surface area contributed by atoms with Crippen LogP contribution in [0.1, 0.15) is 11.1 Å². The molecule has 0 heterocycles. The van der Waals surface area contributed by atoms with Gasteiger partial charge in [-0.25, -0.2) is 4.21 Å². The maximum Gasteiger partial charge on any atom is 0.488 e. The van der Waals surface area contributed by atoms with Gasteiger partial charge >= 0.3 is 7.12 Å². The summed E-state index contributed by atoms with van der Waals surface area (Å²) in [5, 5.41) is 17.8. The monoisotopic (exact) mass is 214 g/mol. The molecule has 1 atom stereocenters. The van der Waals surface area contributed by atoms with E-state index in [9.17, 15) is 4.21 Å². The van der Waals surface area contributed by atoms with Crippen LogP contribution < -0.4 is 5.46 Å². The van der Waals surface area contributed by atoms with Crippen molar-refractivity contribution in [2.75, 3.05) is 0 Å².